The van der Waals surface area contributed by atoms with E-state index in [1.165, 1.54) is 16.7 Å². The van der Waals surface area contributed by atoms with Crippen LogP contribution < -0.4 is 24.0 Å². The van der Waals surface area contributed by atoms with E-state index in [9.17, 15) is 0 Å². The number of benzene rings is 3. The molecule has 4 heteroatoms. The second kappa shape index (κ2) is 9.35. The number of aromatic nitrogens is 2. The van der Waals surface area contributed by atoms with E-state index in [1.807, 2.05) is 24.5 Å². The van der Waals surface area contributed by atoms with Gasteiger partial charge in [-0.3, -0.25) is 0 Å². The minimum Gasteiger partial charge on any atom is -1.00 e. The Hall–Kier alpha value is -1.63. The molecule has 124 valence electrons. The van der Waals surface area contributed by atoms with Gasteiger partial charge in [0, 0.05) is 0 Å². The van der Waals surface area contributed by atoms with Crippen LogP contribution in [0.25, 0.3) is 0 Å². The summed E-state index contributed by atoms with van der Waals surface area (Å²) < 4.78 is 2.06. The average molecular weight is 461 g/mol. The zero-order valence-electron chi connectivity index (χ0n) is 14.3. The van der Waals surface area contributed by atoms with Gasteiger partial charge in [0.05, 0.1) is 5.54 Å². The fraction of sp³-hybridized carbons (Fsp3) is 0.0455. The molecule has 1 heterocycles. The molecular weight excluding hydrogens is 443 g/mol. The number of hydrogen-bond donors (Lipinski definition) is 0. The van der Waals surface area contributed by atoms with Gasteiger partial charge < -0.3 is 33.5 Å². The van der Waals surface area contributed by atoms with Crippen molar-refractivity contribution in [1.29, 1.82) is 0 Å². The largest absolute Gasteiger partial charge is 2.00 e. The van der Waals surface area contributed by atoms with Gasteiger partial charge in [0.1, 0.15) is 0 Å². The molecule has 2 nitrogen and oxygen atoms in total. The van der Waals surface area contributed by atoms with Crippen molar-refractivity contribution < 1.29 is 24.0 Å². The van der Waals surface area contributed by atoms with E-state index >= 15 is 0 Å². The first kappa shape index (κ1) is 20.7. The van der Waals surface area contributed by atoms with Gasteiger partial charge in [0.2, 0.25) is 0 Å². The molecule has 26 heavy (non-hydrogen) atoms. The molecule has 4 aromatic rings. The molecule has 0 aliphatic carbocycles. The molecule has 0 aliphatic rings. The molecule has 1 aromatic heterocycles. The van der Waals surface area contributed by atoms with E-state index in [-0.39, 0.29) is 47.0 Å². The van der Waals surface area contributed by atoms with Gasteiger partial charge >= 0.3 is 23.1 Å². The first-order chi connectivity index (χ1) is 11.9. The van der Waals surface area contributed by atoms with E-state index in [0.717, 1.165) is 0 Å². The minimum atomic E-state index is -0.500. The maximum Gasteiger partial charge on any atom is 2.00 e. The van der Waals surface area contributed by atoms with Crippen molar-refractivity contribution in [2.45, 2.75) is 5.54 Å². The molecule has 0 atom stereocenters. The van der Waals surface area contributed by atoms with Gasteiger partial charge in [0.25, 0.3) is 0 Å². The van der Waals surface area contributed by atoms with E-state index < -0.39 is 5.54 Å². The van der Waals surface area contributed by atoms with Crippen LogP contribution in [0.5, 0.6) is 0 Å². The summed E-state index contributed by atoms with van der Waals surface area (Å²) in [5.41, 5.74) is 3.03. The Morgan fingerprint density at radius 1 is 0.654 bits per heavy atom. The van der Waals surface area contributed by atoms with E-state index in [0.29, 0.717) is 0 Å². The quantitative estimate of drug-likeness (QED) is 0.193. The van der Waals surface area contributed by atoms with Gasteiger partial charge in [0.15, 0.2) is 0 Å². The second-order valence-corrected chi connectivity index (χ2v) is 5.70. The second-order valence-electron chi connectivity index (χ2n) is 5.70. The van der Waals surface area contributed by atoms with Gasteiger partial charge in [-0.05, 0) is 16.7 Å². The number of rotatable bonds is 4. The number of imidazole rings is 1. The minimum absolute atomic E-state index is 0. The van der Waals surface area contributed by atoms with Gasteiger partial charge in [-0.2, -0.15) is 6.20 Å². The van der Waals surface area contributed by atoms with E-state index in [4.69, 9.17) is 0 Å². The summed E-state index contributed by atoms with van der Waals surface area (Å²) in [6.07, 6.45) is 6.83. The molecule has 0 fully saturated rings. The van der Waals surface area contributed by atoms with Crippen LogP contribution in [0.3, 0.4) is 0 Å². The maximum atomic E-state index is 4.27. The van der Waals surface area contributed by atoms with Crippen molar-refractivity contribution in [3.8, 4) is 0 Å². The SMILES string of the molecule is [I-].[Mg+2].[c-]1cncn1C(c1ccccc1)(c1ccccc1)c1ccccc1. The topological polar surface area (TPSA) is 17.8 Å². The summed E-state index contributed by atoms with van der Waals surface area (Å²) >= 11 is 0. The summed E-state index contributed by atoms with van der Waals surface area (Å²) in [5, 5.41) is 0. The third-order valence-corrected chi connectivity index (χ3v) is 4.39. The maximum absolute atomic E-state index is 4.27. The molecule has 3 aromatic carbocycles. The Morgan fingerprint density at radius 2 is 1.04 bits per heavy atom. The van der Waals surface area contributed by atoms with Gasteiger partial charge in [-0.15, -0.1) is 0 Å². The summed E-state index contributed by atoms with van der Waals surface area (Å²) in [6.45, 7) is 0. The van der Waals surface area contributed by atoms with Crippen molar-refractivity contribution >= 4 is 23.1 Å². The van der Waals surface area contributed by atoms with Crippen LogP contribution in [0.1, 0.15) is 16.7 Å². The summed E-state index contributed by atoms with van der Waals surface area (Å²) in [5.74, 6) is 0. The molecule has 0 saturated heterocycles. The van der Waals surface area contributed by atoms with Crippen LogP contribution in [0.4, 0.5) is 0 Å². The molecule has 0 radical (unpaired) electrons. The van der Waals surface area contributed by atoms with Crippen molar-refractivity contribution in [2.24, 2.45) is 0 Å². The fourth-order valence-corrected chi connectivity index (χ4v) is 3.37. The predicted octanol–water partition coefficient (Wildman–Crippen LogP) is 1.15. The third-order valence-electron chi connectivity index (χ3n) is 4.39. The van der Waals surface area contributed by atoms with Crippen LogP contribution in [-0.2, 0) is 5.54 Å². The Kier molecular flexibility index (Phi) is 7.43. The van der Waals surface area contributed by atoms with Crippen molar-refractivity contribution in [3.63, 3.8) is 0 Å². The predicted molar refractivity (Wildman–Crippen MR) is 101 cm³/mol. The van der Waals surface area contributed by atoms with Crippen LogP contribution >= 0.6 is 0 Å². The molecule has 0 unspecified atom stereocenters. The smallest absolute Gasteiger partial charge is 1.00 e. The van der Waals surface area contributed by atoms with E-state index in [2.05, 4.69) is 88.5 Å². The number of halogens is 1. The Labute approximate surface area is 187 Å². The molecule has 0 N–H and O–H groups in total. The Balaban J connectivity index is 0.00000121. The molecule has 0 bridgehead atoms. The van der Waals surface area contributed by atoms with Gasteiger partial charge in [-0.1, -0.05) is 104 Å². The van der Waals surface area contributed by atoms with Crippen LogP contribution in [0, 0.1) is 6.20 Å². The summed E-state index contributed by atoms with van der Waals surface area (Å²) in [6, 6.07) is 31.6. The van der Waals surface area contributed by atoms with Crippen molar-refractivity contribution in [2.75, 3.05) is 0 Å². The summed E-state index contributed by atoms with van der Waals surface area (Å²) in [7, 11) is 0. The standard InChI is InChI=1S/C22H17N2.HI.Mg/c1-4-10-19(11-5-1)22(24-17-16-23-18-24,20-12-6-2-7-13-20)21-14-8-3-9-15-21;;/h1-16,18H;1H;/q-1;;+2/p-1. The molecule has 4 rings (SSSR count). The van der Waals surface area contributed by atoms with Gasteiger partial charge in [-0.25, -0.2) is 0 Å². The fourth-order valence-electron chi connectivity index (χ4n) is 3.37. The average Bonchev–Trinajstić information content (AvgIpc) is 3.20. The Bertz CT molecular complexity index is 798. The molecule has 0 amide bonds. The molecular formula is C22H17IMgN2. The van der Waals surface area contributed by atoms with E-state index in [1.54, 1.807) is 6.20 Å². The normalized spacial score (nSPS) is 10.5. The van der Waals surface area contributed by atoms with Crippen molar-refractivity contribution in [1.82, 2.24) is 9.55 Å². The molecule has 0 aliphatic heterocycles. The molecule has 0 saturated carbocycles. The molecule has 0 spiro atoms. The number of hydrogen-bond acceptors (Lipinski definition) is 1. The zero-order valence-corrected chi connectivity index (χ0v) is 17.9. The summed E-state index contributed by atoms with van der Waals surface area (Å²) in [4.78, 5) is 4.27. The first-order valence-corrected chi connectivity index (χ1v) is 7.99. The number of nitrogens with zero attached hydrogens (tertiary/aromatic N) is 2. The third kappa shape index (κ3) is 3.59. The monoisotopic (exact) mass is 460 g/mol. The van der Waals surface area contributed by atoms with Crippen LogP contribution in [0.2, 0.25) is 0 Å². The Morgan fingerprint density at radius 3 is 1.35 bits per heavy atom. The van der Waals surface area contributed by atoms with Crippen LogP contribution in [-0.4, -0.2) is 32.6 Å². The zero-order chi connectivity index (χ0) is 16.2. The van der Waals surface area contributed by atoms with Crippen LogP contribution in [0.15, 0.2) is 104 Å². The first-order valence-electron chi connectivity index (χ1n) is 7.99. The van der Waals surface area contributed by atoms with Crippen molar-refractivity contribution in [3.05, 3.63) is 126 Å².